The molecule has 3 N–H and O–H groups in total. The Balaban J connectivity index is 2.15. The summed E-state index contributed by atoms with van der Waals surface area (Å²) in [6, 6.07) is 7.66. The lowest BCUT2D eigenvalue weighted by Gasteiger charge is -2.16. The number of pyridine rings is 1. The first-order valence-corrected chi connectivity index (χ1v) is 6.69. The van der Waals surface area contributed by atoms with E-state index in [-0.39, 0.29) is 5.75 Å². The number of benzene rings is 1. The summed E-state index contributed by atoms with van der Waals surface area (Å²) < 4.78 is 0. The highest BCUT2D eigenvalue weighted by Gasteiger charge is 2.08. The molecule has 102 valence electrons. The summed E-state index contributed by atoms with van der Waals surface area (Å²) in [6.07, 6.45) is 3.97. The minimum absolute atomic E-state index is 0.269. The lowest BCUT2D eigenvalue weighted by Crippen LogP contribution is -2.18. The van der Waals surface area contributed by atoms with Gasteiger partial charge in [0.1, 0.15) is 5.75 Å². The van der Waals surface area contributed by atoms with Crippen LogP contribution in [0.5, 0.6) is 5.75 Å². The molecule has 4 heteroatoms. The van der Waals surface area contributed by atoms with Crippen molar-refractivity contribution in [1.29, 1.82) is 0 Å². The smallest absolute Gasteiger partial charge is 0.118 e. The van der Waals surface area contributed by atoms with Gasteiger partial charge >= 0.3 is 0 Å². The monoisotopic (exact) mass is 259 g/mol. The van der Waals surface area contributed by atoms with Crippen LogP contribution in [-0.4, -0.2) is 29.7 Å². The molecular weight excluding hydrogens is 238 g/mol. The maximum Gasteiger partial charge on any atom is 0.118 e. The molecule has 0 aliphatic rings. The van der Waals surface area contributed by atoms with Crippen molar-refractivity contribution >= 4 is 16.6 Å². The minimum Gasteiger partial charge on any atom is -0.508 e. The fourth-order valence-electron chi connectivity index (χ4n) is 2.21. The highest BCUT2D eigenvalue weighted by atomic mass is 16.3. The van der Waals surface area contributed by atoms with E-state index in [1.54, 1.807) is 18.3 Å². The molecule has 1 aromatic heterocycles. The fourth-order valence-corrected chi connectivity index (χ4v) is 2.21. The van der Waals surface area contributed by atoms with E-state index < -0.39 is 0 Å². The summed E-state index contributed by atoms with van der Waals surface area (Å²) >= 11 is 0. The number of phenolic OH excluding ortho intramolecular Hbond substituents is 1. The van der Waals surface area contributed by atoms with Crippen molar-refractivity contribution in [3.05, 3.63) is 30.5 Å². The van der Waals surface area contributed by atoms with E-state index in [1.165, 1.54) is 0 Å². The number of aromatic nitrogens is 1. The molecule has 2 aromatic rings. The van der Waals surface area contributed by atoms with E-state index in [9.17, 15) is 5.11 Å². The molecule has 0 saturated heterocycles. The Hall–Kier alpha value is -1.81. The molecule has 2 rings (SSSR count). The second-order valence-corrected chi connectivity index (χ2v) is 4.86. The van der Waals surface area contributed by atoms with Gasteiger partial charge in [-0.25, -0.2) is 0 Å². The zero-order valence-corrected chi connectivity index (χ0v) is 11.5. The van der Waals surface area contributed by atoms with Crippen LogP contribution < -0.4 is 10.6 Å². The van der Waals surface area contributed by atoms with Crippen molar-refractivity contribution in [2.75, 3.05) is 18.9 Å². The van der Waals surface area contributed by atoms with Crippen LogP contribution in [0.2, 0.25) is 0 Å². The standard InChI is InChI=1S/C15H21N3O/c1-11(5-3-7-16-2)18-14-10-13(19)9-12-6-4-8-17-15(12)14/h4,6,8-11,16,18-19H,3,5,7H2,1-2H3. The van der Waals surface area contributed by atoms with E-state index in [4.69, 9.17) is 0 Å². The van der Waals surface area contributed by atoms with Crippen LogP contribution >= 0.6 is 0 Å². The number of phenols is 1. The van der Waals surface area contributed by atoms with Crippen LogP contribution in [0.4, 0.5) is 5.69 Å². The lowest BCUT2D eigenvalue weighted by atomic mass is 10.1. The molecule has 1 unspecified atom stereocenters. The molecular formula is C15H21N3O. The Bertz CT molecular complexity index is 542. The summed E-state index contributed by atoms with van der Waals surface area (Å²) in [5.41, 5.74) is 1.80. The number of nitrogens with one attached hydrogen (secondary N) is 2. The van der Waals surface area contributed by atoms with Gasteiger partial charge in [-0.1, -0.05) is 6.07 Å². The second kappa shape index (κ2) is 6.38. The molecule has 0 bridgehead atoms. The first-order chi connectivity index (χ1) is 9.20. The highest BCUT2D eigenvalue weighted by Crippen LogP contribution is 2.27. The summed E-state index contributed by atoms with van der Waals surface area (Å²) in [7, 11) is 1.96. The lowest BCUT2D eigenvalue weighted by molar-refractivity contribution is 0.476. The second-order valence-electron chi connectivity index (χ2n) is 4.86. The zero-order chi connectivity index (χ0) is 13.7. The van der Waals surface area contributed by atoms with Gasteiger partial charge < -0.3 is 15.7 Å². The minimum atomic E-state index is 0.269. The molecule has 4 nitrogen and oxygen atoms in total. The molecule has 1 atom stereocenters. The van der Waals surface area contributed by atoms with Crippen molar-refractivity contribution in [2.24, 2.45) is 0 Å². The molecule has 0 fully saturated rings. The first kappa shape index (κ1) is 13.6. The van der Waals surface area contributed by atoms with Crippen molar-refractivity contribution in [2.45, 2.75) is 25.8 Å². The predicted molar refractivity (Wildman–Crippen MR) is 79.7 cm³/mol. The maximum atomic E-state index is 9.76. The Morgan fingerprint density at radius 2 is 2.21 bits per heavy atom. The van der Waals surface area contributed by atoms with Gasteiger partial charge in [-0.2, -0.15) is 0 Å². The number of nitrogens with zero attached hydrogens (tertiary/aromatic N) is 1. The molecule has 0 spiro atoms. The molecule has 19 heavy (non-hydrogen) atoms. The average molecular weight is 259 g/mol. The van der Waals surface area contributed by atoms with Gasteiger partial charge in [0, 0.05) is 23.7 Å². The van der Waals surface area contributed by atoms with E-state index in [1.807, 2.05) is 19.2 Å². The highest BCUT2D eigenvalue weighted by molar-refractivity contribution is 5.91. The summed E-state index contributed by atoms with van der Waals surface area (Å²) in [6.45, 7) is 3.17. The van der Waals surface area contributed by atoms with Gasteiger partial charge in [-0.3, -0.25) is 4.98 Å². The van der Waals surface area contributed by atoms with Gasteiger partial charge in [0.25, 0.3) is 0 Å². The molecule has 0 amide bonds. The number of anilines is 1. The van der Waals surface area contributed by atoms with Gasteiger partial charge in [-0.05, 0) is 45.5 Å². The first-order valence-electron chi connectivity index (χ1n) is 6.69. The quantitative estimate of drug-likeness (QED) is 0.698. The average Bonchev–Trinajstić information content (AvgIpc) is 2.39. The van der Waals surface area contributed by atoms with Crippen LogP contribution in [0.3, 0.4) is 0 Å². The Kier molecular flexibility index (Phi) is 4.58. The van der Waals surface area contributed by atoms with Gasteiger partial charge in [0.2, 0.25) is 0 Å². The van der Waals surface area contributed by atoms with Crippen LogP contribution in [0.25, 0.3) is 10.9 Å². The van der Waals surface area contributed by atoms with Gasteiger partial charge in [0.05, 0.1) is 11.2 Å². The Labute approximate surface area is 113 Å². The number of aromatic hydroxyl groups is 1. The van der Waals surface area contributed by atoms with Gasteiger partial charge in [0.15, 0.2) is 0 Å². The molecule has 0 saturated carbocycles. The van der Waals surface area contributed by atoms with Crippen molar-refractivity contribution < 1.29 is 5.11 Å². The largest absolute Gasteiger partial charge is 0.508 e. The number of hydrogen-bond acceptors (Lipinski definition) is 4. The number of hydrogen-bond donors (Lipinski definition) is 3. The van der Waals surface area contributed by atoms with Crippen LogP contribution in [0, 0.1) is 0 Å². The Morgan fingerprint density at radius 1 is 1.37 bits per heavy atom. The number of rotatable bonds is 6. The normalized spacial score (nSPS) is 12.5. The van der Waals surface area contributed by atoms with E-state index >= 15 is 0 Å². The zero-order valence-electron chi connectivity index (χ0n) is 11.5. The third kappa shape index (κ3) is 3.58. The van der Waals surface area contributed by atoms with Crippen LogP contribution in [0.1, 0.15) is 19.8 Å². The maximum absolute atomic E-state index is 9.76. The van der Waals surface area contributed by atoms with Crippen LogP contribution in [0.15, 0.2) is 30.5 Å². The van der Waals surface area contributed by atoms with Crippen molar-refractivity contribution in [3.63, 3.8) is 0 Å². The topological polar surface area (TPSA) is 57.2 Å². The van der Waals surface area contributed by atoms with Crippen LogP contribution in [-0.2, 0) is 0 Å². The third-order valence-corrected chi connectivity index (χ3v) is 3.16. The molecule has 1 aromatic carbocycles. The van der Waals surface area contributed by atoms with Crippen molar-refractivity contribution in [3.8, 4) is 5.75 Å². The van der Waals surface area contributed by atoms with E-state index in [0.717, 1.165) is 36.0 Å². The molecule has 1 heterocycles. The molecule has 0 aliphatic heterocycles. The van der Waals surface area contributed by atoms with Gasteiger partial charge in [-0.15, -0.1) is 0 Å². The fraction of sp³-hybridized carbons (Fsp3) is 0.400. The molecule has 0 radical (unpaired) electrons. The predicted octanol–water partition coefficient (Wildman–Crippen LogP) is 2.74. The van der Waals surface area contributed by atoms with E-state index in [2.05, 4.69) is 22.5 Å². The third-order valence-electron chi connectivity index (χ3n) is 3.16. The number of fused-ring (bicyclic) bond motifs is 1. The molecule has 0 aliphatic carbocycles. The summed E-state index contributed by atoms with van der Waals surface area (Å²) in [4.78, 5) is 4.39. The van der Waals surface area contributed by atoms with E-state index in [0.29, 0.717) is 6.04 Å². The summed E-state index contributed by atoms with van der Waals surface area (Å²) in [5.74, 6) is 0.269. The SMILES string of the molecule is CNCCCC(C)Nc1cc(O)cc2cccnc12. The summed E-state index contributed by atoms with van der Waals surface area (Å²) in [5, 5.41) is 17.3. The Morgan fingerprint density at radius 3 is 3.00 bits per heavy atom. The van der Waals surface area contributed by atoms with Crippen molar-refractivity contribution in [1.82, 2.24) is 10.3 Å².